The minimum Gasteiger partial charge on any atom is -0.486 e. The van der Waals surface area contributed by atoms with Gasteiger partial charge in [0.2, 0.25) is 5.91 Å². The molecule has 0 radical (unpaired) electrons. The standard InChI is InChI=1S/C20H25F2N3O2S/c1-14-2-4-17(5-3-14)27-12-20-24-16(13-28-20)10-19(26)23-15-6-8-25(9-7-15)11-18(21)22/h2-5,13,15,18H,6-12H2,1H3,(H,23,26). The summed E-state index contributed by atoms with van der Waals surface area (Å²) >= 11 is 1.47. The van der Waals surface area contributed by atoms with Crippen LogP contribution in [0.3, 0.4) is 0 Å². The molecule has 1 aromatic heterocycles. The van der Waals surface area contributed by atoms with Gasteiger partial charge in [0.25, 0.3) is 6.43 Å². The van der Waals surface area contributed by atoms with Crippen molar-refractivity contribution in [3.05, 3.63) is 45.9 Å². The maximum atomic E-state index is 12.4. The second-order valence-corrected chi connectivity index (χ2v) is 7.99. The number of hydrogen-bond acceptors (Lipinski definition) is 5. The highest BCUT2D eigenvalue weighted by molar-refractivity contribution is 7.09. The summed E-state index contributed by atoms with van der Waals surface area (Å²) in [6.07, 6.45) is -0.686. The summed E-state index contributed by atoms with van der Waals surface area (Å²) < 4.78 is 30.5. The van der Waals surface area contributed by atoms with Gasteiger partial charge in [-0.2, -0.15) is 0 Å². The third-order valence-corrected chi connectivity index (χ3v) is 5.54. The predicted octanol–water partition coefficient (Wildman–Crippen LogP) is 3.42. The van der Waals surface area contributed by atoms with Gasteiger partial charge in [-0.15, -0.1) is 11.3 Å². The van der Waals surface area contributed by atoms with E-state index in [1.54, 1.807) is 4.90 Å². The van der Waals surface area contributed by atoms with Crippen LogP contribution in [0.15, 0.2) is 29.6 Å². The summed E-state index contributed by atoms with van der Waals surface area (Å²) in [4.78, 5) is 18.5. The Kier molecular flexibility index (Phi) is 7.33. The average Bonchev–Trinajstić information content (AvgIpc) is 3.09. The molecule has 1 fully saturated rings. The molecule has 1 aliphatic heterocycles. The molecule has 0 aliphatic carbocycles. The lowest BCUT2D eigenvalue weighted by Gasteiger charge is -2.31. The van der Waals surface area contributed by atoms with E-state index in [-0.39, 0.29) is 24.9 Å². The summed E-state index contributed by atoms with van der Waals surface area (Å²) in [6.45, 7) is 3.39. The molecule has 5 nitrogen and oxygen atoms in total. The molecule has 2 heterocycles. The van der Waals surface area contributed by atoms with Crippen LogP contribution < -0.4 is 10.1 Å². The van der Waals surface area contributed by atoms with Gasteiger partial charge in [-0.05, 0) is 31.9 Å². The number of likely N-dealkylation sites (tertiary alicyclic amines) is 1. The number of piperidine rings is 1. The van der Waals surface area contributed by atoms with E-state index in [0.29, 0.717) is 32.5 Å². The molecule has 1 amide bonds. The van der Waals surface area contributed by atoms with Crippen molar-refractivity contribution in [3.8, 4) is 5.75 Å². The van der Waals surface area contributed by atoms with Crippen LogP contribution in [0, 0.1) is 6.92 Å². The Morgan fingerprint density at radius 1 is 1.32 bits per heavy atom. The van der Waals surface area contributed by atoms with Crippen LogP contribution in [0.1, 0.15) is 29.1 Å². The number of hydrogen-bond donors (Lipinski definition) is 1. The highest BCUT2D eigenvalue weighted by Gasteiger charge is 2.22. The number of carbonyl (C=O) groups is 1. The van der Waals surface area contributed by atoms with Gasteiger partial charge in [0.05, 0.1) is 18.7 Å². The van der Waals surface area contributed by atoms with E-state index >= 15 is 0 Å². The molecular weight excluding hydrogens is 384 g/mol. The Morgan fingerprint density at radius 3 is 2.71 bits per heavy atom. The lowest BCUT2D eigenvalue weighted by atomic mass is 10.0. The molecule has 1 aliphatic rings. The van der Waals surface area contributed by atoms with Crippen LogP contribution in [0.2, 0.25) is 0 Å². The number of rotatable bonds is 8. The number of halogens is 2. The molecular formula is C20H25F2N3O2S. The fraction of sp³-hybridized carbons (Fsp3) is 0.500. The molecule has 0 saturated carbocycles. The number of carbonyl (C=O) groups excluding carboxylic acids is 1. The second kappa shape index (κ2) is 9.93. The zero-order valence-electron chi connectivity index (χ0n) is 15.9. The van der Waals surface area contributed by atoms with Crippen LogP contribution in [0.4, 0.5) is 8.78 Å². The Labute approximate surface area is 167 Å². The van der Waals surface area contributed by atoms with Gasteiger partial charge < -0.3 is 10.1 Å². The number of alkyl halides is 2. The van der Waals surface area contributed by atoms with Crippen LogP contribution in [-0.4, -0.2) is 47.9 Å². The van der Waals surface area contributed by atoms with Crippen molar-refractivity contribution < 1.29 is 18.3 Å². The summed E-state index contributed by atoms with van der Waals surface area (Å²) in [6, 6.07) is 7.87. The highest BCUT2D eigenvalue weighted by Crippen LogP contribution is 2.17. The van der Waals surface area contributed by atoms with Gasteiger partial charge in [-0.1, -0.05) is 17.7 Å². The molecule has 3 rings (SSSR count). The molecule has 1 N–H and O–H groups in total. The van der Waals surface area contributed by atoms with Crippen LogP contribution in [0.25, 0.3) is 0 Å². The van der Waals surface area contributed by atoms with Crippen molar-refractivity contribution in [2.75, 3.05) is 19.6 Å². The zero-order chi connectivity index (χ0) is 19.9. The number of thiazole rings is 1. The van der Waals surface area contributed by atoms with Gasteiger partial charge in [-0.3, -0.25) is 9.69 Å². The summed E-state index contributed by atoms with van der Waals surface area (Å²) in [5.41, 5.74) is 1.90. The molecule has 0 spiro atoms. The van der Waals surface area contributed by atoms with E-state index in [2.05, 4.69) is 10.3 Å². The molecule has 152 valence electrons. The first-order valence-corrected chi connectivity index (χ1v) is 10.3. The average molecular weight is 410 g/mol. The highest BCUT2D eigenvalue weighted by atomic mass is 32.1. The van der Waals surface area contributed by atoms with Gasteiger partial charge in [-0.25, -0.2) is 13.8 Å². The molecule has 1 saturated heterocycles. The fourth-order valence-electron chi connectivity index (χ4n) is 3.17. The first-order valence-electron chi connectivity index (χ1n) is 9.40. The van der Waals surface area contributed by atoms with Gasteiger partial charge in [0.1, 0.15) is 17.4 Å². The Bertz CT molecular complexity index is 759. The maximum Gasteiger partial charge on any atom is 0.251 e. The Morgan fingerprint density at radius 2 is 2.04 bits per heavy atom. The molecule has 28 heavy (non-hydrogen) atoms. The van der Waals surface area contributed by atoms with Crippen molar-refractivity contribution in [2.24, 2.45) is 0 Å². The minimum atomic E-state index is -2.31. The Hall–Kier alpha value is -2.06. The molecule has 2 aromatic rings. The first-order chi connectivity index (χ1) is 13.5. The molecule has 8 heteroatoms. The minimum absolute atomic E-state index is 0.0457. The van der Waals surface area contributed by atoms with Gasteiger partial charge in [0.15, 0.2) is 0 Å². The van der Waals surface area contributed by atoms with E-state index in [1.807, 2.05) is 36.6 Å². The predicted molar refractivity (Wildman–Crippen MR) is 105 cm³/mol. The van der Waals surface area contributed by atoms with E-state index in [9.17, 15) is 13.6 Å². The normalized spacial score (nSPS) is 15.7. The van der Waals surface area contributed by atoms with E-state index in [1.165, 1.54) is 16.9 Å². The number of aryl methyl sites for hydroxylation is 1. The number of nitrogens with one attached hydrogen (secondary N) is 1. The number of benzene rings is 1. The van der Waals surface area contributed by atoms with E-state index in [0.717, 1.165) is 16.5 Å². The van der Waals surface area contributed by atoms with E-state index < -0.39 is 6.43 Å². The summed E-state index contributed by atoms with van der Waals surface area (Å²) in [5, 5.41) is 5.69. The van der Waals surface area contributed by atoms with Crippen molar-refractivity contribution in [1.82, 2.24) is 15.2 Å². The molecule has 0 unspecified atom stereocenters. The van der Waals surface area contributed by atoms with Crippen molar-refractivity contribution in [1.29, 1.82) is 0 Å². The fourth-order valence-corrected chi connectivity index (χ4v) is 3.88. The number of nitrogens with zero attached hydrogens (tertiary/aromatic N) is 2. The first kappa shape index (κ1) is 20.7. The summed E-state index contributed by atoms with van der Waals surface area (Å²) in [5.74, 6) is 0.710. The topological polar surface area (TPSA) is 54.5 Å². The third-order valence-electron chi connectivity index (χ3n) is 4.67. The van der Waals surface area contributed by atoms with E-state index in [4.69, 9.17) is 4.74 Å². The molecule has 0 bridgehead atoms. The second-order valence-electron chi connectivity index (χ2n) is 7.04. The quantitative estimate of drug-likeness (QED) is 0.726. The summed E-state index contributed by atoms with van der Waals surface area (Å²) in [7, 11) is 0. The molecule has 1 aromatic carbocycles. The zero-order valence-corrected chi connectivity index (χ0v) is 16.7. The van der Waals surface area contributed by atoms with Crippen LogP contribution in [-0.2, 0) is 17.8 Å². The maximum absolute atomic E-state index is 12.4. The van der Waals surface area contributed by atoms with Crippen molar-refractivity contribution in [3.63, 3.8) is 0 Å². The Balaban J connectivity index is 1.39. The lowest BCUT2D eigenvalue weighted by Crippen LogP contribution is -2.46. The smallest absolute Gasteiger partial charge is 0.251 e. The number of amides is 1. The number of ether oxygens (including phenoxy) is 1. The third kappa shape index (κ3) is 6.53. The van der Waals surface area contributed by atoms with Crippen LogP contribution >= 0.6 is 11.3 Å². The number of aromatic nitrogens is 1. The largest absolute Gasteiger partial charge is 0.486 e. The lowest BCUT2D eigenvalue weighted by molar-refractivity contribution is -0.121. The SMILES string of the molecule is Cc1ccc(OCc2nc(CC(=O)NC3CCN(CC(F)F)CC3)cs2)cc1. The van der Waals surface area contributed by atoms with Crippen LogP contribution in [0.5, 0.6) is 5.75 Å². The monoisotopic (exact) mass is 409 g/mol. The van der Waals surface area contributed by atoms with Gasteiger partial charge in [0, 0.05) is 24.5 Å². The molecule has 0 atom stereocenters. The van der Waals surface area contributed by atoms with Gasteiger partial charge >= 0.3 is 0 Å². The van der Waals surface area contributed by atoms with Crippen molar-refractivity contribution >= 4 is 17.2 Å². The van der Waals surface area contributed by atoms with Crippen molar-refractivity contribution in [2.45, 2.75) is 45.3 Å².